The summed E-state index contributed by atoms with van der Waals surface area (Å²) in [7, 11) is 1.25. The molecular formula is C15H14O7. The number of esters is 2. The van der Waals surface area contributed by atoms with Gasteiger partial charge in [-0.25, -0.2) is 14.4 Å². The molecule has 0 aliphatic rings. The van der Waals surface area contributed by atoms with Gasteiger partial charge in [-0.2, -0.15) is 0 Å². The van der Waals surface area contributed by atoms with Crippen molar-refractivity contribution in [2.24, 2.45) is 0 Å². The minimum absolute atomic E-state index is 0.163. The zero-order valence-corrected chi connectivity index (χ0v) is 12.1. The Morgan fingerprint density at radius 2 is 2.00 bits per heavy atom. The maximum absolute atomic E-state index is 11.8. The first-order chi connectivity index (χ1) is 10.5. The molecular weight excluding hydrogens is 292 g/mol. The number of hydrogen-bond donors (Lipinski definition) is 0. The second kappa shape index (κ2) is 6.75. The zero-order chi connectivity index (χ0) is 16.1. The van der Waals surface area contributed by atoms with Crippen molar-refractivity contribution in [3.05, 3.63) is 40.2 Å². The Labute approximate surface area is 125 Å². The third kappa shape index (κ3) is 3.43. The third-order valence-electron chi connectivity index (χ3n) is 2.79. The van der Waals surface area contributed by atoms with Crippen molar-refractivity contribution in [1.82, 2.24) is 0 Å². The highest BCUT2D eigenvalue weighted by Crippen LogP contribution is 2.20. The lowest BCUT2D eigenvalue weighted by molar-refractivity contribution is -0.142. The molecule has 0 amide bonds. The van der Waals surface area contributed by atoms with Gasteiger partial charge >= 0.3 is 17.6 Å². The molecule has 7 heteroatoms. The van der Waals surface area contributed by atoms with Gasteiger partial charge in [-0.3, -0.25) is 0 Å². The van der Waals surface area contributed by atoms with Crippen molar-refractivity contribution >= 4 is 22.9 Å². The summed E-state index contributed by atoms with van der Waals surface area (Å²) < 4.78 is 19.5. The lowest BCUT2D eigenvalue weighted by atomic mass is 10.2. The third-order valence-corrected chi connectivity index (χ3v) is 2.79. The molecule has 116 valence electrons. The second-order valence-electron chi connectivity index (χ2n) is 4.23. The normalized spacial score (nSPS) is 10.3. The van der Waals surface area contributed by atoms with Gasteiger partial charge in [0.15, 0.2) is 6.61 Å². The molecule has 0 N–H and O–H groups in total. The number of fused-ring (bicyclic) bond motifs is 1. The van der Waals surface area contributed by atoms with Crippen LogP contribution in [-0.2, 0) is 14.3 Å². The highest BCUT2D eigenvalue weighted by atomic mass is 16.6. The molecule has 0 saturated heterocycles. The van der Waals surface area contributed by atoms with E-state index in [1.54, 1.807) is 19.1 Å². The van der Waals surface area contributed by atoms with E-state index in [0.29, 0.717) is 11.1 Å². The largest absolute Gasteiger partial charge is 0.482 e. The van der Waals surface area contributed by atoms with Crippen molar-refractivity contribution in [2.45, 2.75) is 6.92 Å². The van der Waals surface area contributed by atoms with Gasteiger partial charge in [-0.15, -0.1) is 0 Å². The van der Waals surface area contributed by atoms with E-state index >= 15 is 0 Å². The predicted octanol–water partition coefficient (Wildman–Crippen LogP) is 1.52. The maximum atomic E-state index is 11.8. The summed E-state index contributed by atoms with van der Waals surface area (Å²) >= 11 is 0. The first kappa shape index (κ1) is 15.6. The van der Waals surface area contributed by atoms with Crippen molar-refractivity contribution < 1.29 is 28.2 Å². The second-order valence-corrected chi connectivity index (χ2v) is 4.23. The van der Waals surface area contributed by atoms with Crippen LogP contribution >= 0.6 is 0 Å². The van der Waals surface area contributed by atoms with Crippen molar-refractivity contribution in [2.75, 3.05) is 20.3 Å². The van der Waals surface area contributed by atoms with E-state index in [1.807, 2.05) is 0 Å². The van der Waals surface area contributed by atoms with E-state index in [0.717, 1.165) is 0 Å². The molecule has 0 bridgehead atoms. The summed E-state index contributed by atoms with van der Waals surface area (Å²) in [6.07, 6.45) is 0. The molecule has 0 saturated carbocycles. The molecule has 0 aliphatic carbocycles. The summed E-state index contributed by atoms with van der Waals surface area (Å²) in [4.78, 5) is 34.4. The smallest absolute Gasteiger partial charge is 0.351 e. The Balaban J connectivity index is 2.31. The molecule has 0 aliphatic heterocycles. The minimum Gasteiger partial charge on any atom is -0.482 e. The van der Waals surface area contributed by atoms with Gasteiger partial charge < -0.3 is 18.6 Å². The summed E-state index contributed by atoms with van der Waals surface area (Å²) in [6.45, 7) is 1.55. The number of ether oxygens (including phenoxy) is 3. The van der Waals surface area contributed by atoms with Crippen LogP contribution in [-0.4, -0.2) is 32.3 Å². The molecule has 7 nitrogen and oxygen atoms in total. The molecule has 1 aromatic heterocycles. The average Bonchev–Trinajstić information content (AvgIpc) is 2.51. The zero-order valence-electron chi connectivity index (χ0n) is 12.1. The first-order valence-electron chi connectivity index (χ1n) is 6.49. The summed E-state index contributed by atoms with van der Waals surface area (Å²) in [6, 6.07) is 6.03. The van der Waals surface area contributed by atoms with Gasteiger partial charge in [-0.1, -0.05) is 0 Å². The summed E-state index contributed by atoms with van der Waals surface area (Å²) in [5.74, 6) is -0.923. The lowest BCUT2D eigenvalue weighted by Crippen LogP contribution is -2.16. The Bertz CT molecular complexity index is 760. The van der Waals surface area contributed by atoms with Gasteiger partial charge in [-0.05, 0) is 25.1 Å². The van der Waals surface area contributed by atoms with Crippen molar-refractivity contribution in [1.29, 1.82) is 0 Å². The Kier molecular flexibility index (Phi) is 4.77. The van der Waals surface area contributed by atoms with Gasteiger partial charge in [0.25, 0.3) is 0 Å². The first-order valence-corrected chi connectivity index (χ1v) is 6.49. The SMILES string of the molecule is CCOC(=O)c1cc2ccc(OCC(=O)OC)cc2oc1=O. The standard InChI is InChI=1S/C15H14O7/c1-3-20-14(17)11-6-9-4-5-10(21-8-13(16)19-2)7-12(9)22-15(11)18/h4-7H,3,8H2,1-2H3. The van der Waals surface area contributed by atoms with Crippen LogP contribution in [0.4, 0.5) is 0 Å². The van der Waals surface area contributed by atoms with E-state index in [2.05, 4.69) is 4.74 Å². The van der Waals surface area contributed by atoms with Crippen LogP contribution in [0.5, 0.6) is 5.75 Å². The van der Waals surface area contributed by atoms with Gasteiger partial charge in [0.2, 0.25) is 0 Å². The Morgan fingerprint density at radius 1 is 1.23 bits per heavy atom. The number of rotatable bonds is 5. The van der Waals surface area contributed by atoms with Gasteiger partial charge in [0.1, 0.15) is 16.9 Å². The molecule has 22 heavy (non-hydrogen) atoms. The number of methoxy groups -OCH3 is 1. The van der Waals surface area contributed by atoms with Crippen LogP contribution in [0.25, 0.3) is 11.0 Å². The average molecular weight is 306 g/mol. The Hall–Kier alpha value is -2.83. The van der Waals surface area contributed by atoms with Crippen LogP contribution in [0.2, 0.25) is 0 Å². The lowest BCUT2D eigenvalue weighted by Gasteiger charge is -2.06. The topological polar surface area (TPSA) is 92.0 Å². The Morgan fingerprint density at radius 3 is 2.68 bits per heavy atom. The molecule has 0 unspecified atom stereocenters. The van der Waals surface area contributed by atoms with Crippen LogP contribution in [0.3, 0.4) is 0 Å². The maximum Gasteiger partial charge on any atom is 0.351 e. The van der Waals surface area contributed by atoms with E-state index in [4.69, 9.17) is 13.9 Å². The van der Waals surface area contributed by atoms with E-state index in [9.17, 15) is 14.4 Å². The van der Waals surface area contributed by atoms with E-state index in [-0.39, 0.29) is 24.4 Å². The van der Waals surface area contributed by atoms with Crippen molar-refractivity contribution in [3.8, 4) is 5.75 Å². The van der Waals surface area contributed by atoms with E-state index in [1.165, 1.54) is 19.2 Å². The number of hydrogen-bond acceptors (Lipinski definition) is 7. The molecule has 1 aromatic carbocycles. The molecule has 2 aromatic rings. The van der Waals surface area contributed by atoms with E-state index < -0.39 is 17.6 Å². The van der Waals surface area contributed by atoms with Crippen LogP contribution in [0.15, 0.2) is 33.5 Å². The quantitative estimate of drug-likeness (QED) is 0.611. The van der Waals surface area contributed by atoms with Gasteiger partial charge in [0, 0.05) is 11.5 Å². The highest BCUT2D eigenvalue weighted by molar-refractivity contribution is 5.93. The molecule has 0 radical (unpaired) electrons. The summed E-state index contributed by atoms with van der Waals surface area (Å²) in [5.41, 5.74) is -0.728. The number of carbonyl (C=O) groups is 2. The van der Waals surface area contributed by atoms with Crippen LogP contribution in [0, 0.1) is 0 Å². The van der Waals surface area contributed by atoms with Gasteiger partial charge in [0.05, 0.1) is 13.7 Å². The predicted molar refractivity (Wildman–Crippen MR) is 76.0 cm³/mol. The number of carbonyl (C=O) groups excluding carboxylic acids is 2. The fourth-order valence-electron chi connectivity index (χ4n) is 1.73. The fourth-order valence-corrected chi connectivity index (χ4v) is 1.73. The summed E-state index contributed by atoms with van der Waals surface area (Å²) in [5, 5.41) is 0.535. The van der Waals surface area contributed by atoms with Crippen molar-refractivity contribution in [3.63, 3.8) is 0 Å². The molecule has 2 rings (SSSR count). The highest BCUT2D eigenvalue weighted by Gasteiger charge is 2.15. The molecule has 0 atom stereocenters. The number of benzene rings is 1. The fraction of sp³-hybridized carbons (Fsp3) is 0.267. The van der Waals surface area contributed by atoms with Crippen LogP contribution < -0.4 is 10.4 Å². The minimum atomic E-state index is -0.795. The monoisotopic (exact) mass is 306 g/mol. The molecule has 0 spiro atoms. The molecule has 1 heterocycles. The molecule has 0 fully saturated rings. The van der Waals surface area contributed by atoms with Crippen LogP contribution in [0.1, 0.15) is 17.3 Å².